The van der Waals surface area contributed by atoms with Crippen LogP contribution in [-0.2, 0) is 19.6 Å². The highest BCUT2D eigenvalue weighted by atomic mass is 32.2. The first kappa shape index (κ1) is 23.7. The summed E-state index contributed by atoms with van der Waals surface area (Å²) >= 11 is 0. The molecule has 2 N–H and O–H groups in total. The van der Waals surface area contributed by atoms with Gasteiger partial charge in [0, 0.05) is 32.0 Å². The number of halogens is 1. The number of benzene rings is 2. The van der Waals surface area contributed by atoms with Crippen LogP contribution < -0.4 is 15.4 Å². The van der Waals surface area contributed by atoms with Crippen molar-refractivity contribution in [1.82, 2.24) is 4.31 Å². The average Bonchev–Trinajstić information content (AvgIpc) is 2.79. The maximum Gasteiger partial charge on any atom is 0.243 e. The number of sulfonamides is 1. The van der Waals surface area contributed by atoms with Crippen molar-refractivity contribution in [3.05, 3.63) is 54.3 Å². The summed E-state index contributed by atoms with van der Waals surface area (Å²) in [6.07, 6.45) is 0.630. The summed E-state index contributed by atoms with van der Waals surface area (Å²) in [6.45, 7) is 0.417. The van der Waals surface area contributed by atoms with E-state index in [1.54, 1.807) is 24.3 Å². The Morgan fingerprint density at radius 1 is 1.12 bits per heavy atom. The number of para-hydroxylation sites is 2. The summed E-state index contributed by atoms with van der Waals surface area (Å²) in [4.78, 5) is 26.2. The number of hydrogen-bond acceptors (Lipinski definition) is 5. The van der Waals surface area contributed by atoms with E-state index in [1.807, 2.05) is 0 Å². The topological polar surface area (TPSA) is 110 Å². The molecule has 0 unspecified atom stereocenters. The molecule has 1 saturated heterocycles. The number of carbonyl (C=O) groups excluding carboxylic acids is 2. The highest BCUT2D eigenvalue weighted by Gasteiger charge is 2.34. The fraction of sp³-hybridized carbons (Fsp3) is 0.364. The lowest BCUT2D eigenvalue weighted by Gasteiger charge is -2.34. The van der Waals surface area contributed by atoms with Crippen LogP contribution in [0.15, 0.2) is 53.4 Å². The molecule has 0 spiro atoms. The molecule has 10 heteroatoms. The number of methoxy groups -OCH3 is 1. The van der Waals surface area contributed by atoms with Gasteiger partial charge in [-0.05, 0) is 49.2 Å². The maximum absolute atomic E-state index is 13.4. The molecule has 1 heterocycles. The van der Waals surface area contributed by atoms with E-state index in [0.29, 0.717) is 24.3 Å². The first-order chi connectivity index (χ1) is 15.2. The van der Waals surface area contributed by atoms with E-state index < -0.39 is 27.7 Å². The van der Waals surface area contributed by atoms with E-state index in [9.17, 15) is 22.4 Å². The molecule has 1 aliphatic rings. The average molecular weight is 464 g/mol. The minimum atomic E-state index is -3.77. The van der Waals surface area contributed by atoms with Gasteiger partial charge in [0.15, 0.2) is 0 Å². The summed E-state index contributed by atoms with van der Waals surface area (Å²) in [7, 11) is -2.28. The molecule has 172 valence electrons. The van der Waals surface area contributed by atoms with Crippen LogP contribution in [0.2, 0.25) is 0 Å². The fourth-order valence-corrected chi connectivity index (χ4v) is 5.21. The molecular weight excluding hydrogens is 437 g/mol. The third-order valence-corrected chi connectivity index (χ3v) is 7.39. The number of rotatable bonds is 8. The van der Waals surface area contributed by atoms with Gasteiger partial charge in [0.05, 0.1) is 17.7 Å². The van der Waals surface area contributed by atoms with Crippen molar-refractivity contribution >= 4 is 27.5 Å². The van der Waals surface area contributed by atoms with Gasteiger partial charge in [-0.2, -0.15) is 4.31 Å². The predicted octanol–water partition coefficient (Wildman–Crippen LogP) is 2.14. The molecule has 0 saturated carbocycles. The monoisotopic (exact) mass is 463 g/mol. The highest BCUT2D eigenvalue weighted by Crippen LogP contribution is 2.32. The minimum absolute atomic E-state index is 0.0123. The van der Waals surface area contributed by atoms with Gasteiger partial charge in [0.2, 0.25) is 21.8 Å². The van der Waals surface area contributed by atoms with Crippen molar-refractivity contribution in [2.24, 2.45) is 11.7 Å². The van der Waals surface area contributed by atoms with Crippen molar-refractivity contribution in [3.8, 4) is 5.75 Å². The van der Waals surface area contributed by atoms with Crippen LogP contribution >= 0.6 is 0 Å². The van der Waals surface area contributed by atoms with Gasteiger partial charge in [-0.3, -0.25) is 9.59 Å². The van der Waals surface area contributed by atoms with Crippen LogP contribution in [0, 0.1) is 11.7 Å². The number of hydrogen-bond donors (Lipinski definition) is 1. The molecule has 3 rings (SSSR count). The molecule has 0 aromatic heterocycles. The fourth-order valence-electron chi connectivity index (χ4n) is 3.74. The van der Waals surface area contributed by atoms with Gasteiger partial charge < -0.3 is 15.4 Å². The number of nitrogens with zero attached hydrogens (tertiary/aromatic N) is 2. The molecule has 0 atom stereocenters. The Morgan fingerprint density at radius 2 is 1.75 bits per heavy atom. The lowest BCUT2D eigenvalue weighted by atomic mass is 9.96. The SMILES string of the molecule is COc1ccccc1N(CCC(N)=O)C(=O)C1CCN(S(=O)(=O)c2ccc(F)cc2)CC1. The Bertz CT molecular complexity index is 1070. The largest absolute Gasteiger partial charge is 0.495 e. The second kappa shape index (κ2) is 10.1. The normalized spacial score (nSPS) is 15.3. The molecule has 0 aliphatic carbocycles. The molecule has 1 aliphatic heterocycles. The highest BCUT2D eigenvalue weighted by molar-refractivity contribution is 7.89. The summed E-state index contributed by atoms with van der Waals surface area (Å²) in [6, 6.07) is 11.7. The van der Waals surface area contributed by atoms with Crippen LogP contribution in [0.3, 0.4) is 0 Å². The lowest BCUT2D eigenvalue weighted by Crippen LogP contribution is -2.45. The zero-order chi connectivity index (χ0) is 23.3. The Morgan fingerprint density at radius 3 is 2.34 bits per heavy atom. The van der Waals surface area contributed by atoms with Crippen molar-refractivity contribution < 1.29 is 27.1 Å². The summed E-state index contributed by atoms with van der Waals surface area (Å²) in [5, 5.41) is 0. The number of nitrogens with two attached hydrogens (primary N) is 1. The quantitative estimate of drug-likeness (QED) is 0.645. The second-order valence-corrected chi connectivity index (χ2v) is 9.45. The summed E-state index contributed by atoms with van der Waals surface area (Å²) in [5.41, 5.74) is 5.82. The smallest absolute Gasteiger partial charge is 0.243 e. The van der Waals surface area contributed by atoms with Gasteiger partial charge in [-0.25, -0.2) is 12.8 Å². The molecule has 32 heavy (non-hydrogen) atoms. The Hall–Kier alpha value is -2.98. The van der Waals surface area contributed by atoms with Crippen molar-refractivity contribution in [2.45, 2.75) is 24.2 Å². The first-order valence-corrected chi connectivity index (χ1v) is 11.7. The summed E-state index contributed by atoms with van der Waals surface area (Å²) in [5.74, 6) is -1.19. The third-order valence-electron chi connectivity index (χ3n) is 5.48. The molecule has 2 aromatic rings. The number of piperidine rings is 1. The van der Waals surface area contributed by atoms with E-state index in [-0.39, 0.29) is 36.9 Å². The van der Waals surface area contributed by atoms with Crippen LogP contribution in [0.1, 0.15) is 19.3 Å². The Labute approximate surface area is 186 Å². The summed E-state index contributed by atoms with van der Waals surface area (Å²) < 4.78 is 45.5. The molecular formula is C22H26FN3O5S. The van der Waals surface area contributed by atoms with E-state index in [1.165, 1.54) is 28.4 Å². The van der Waals surface area contributed by atoms with Crippen LogP contribution in [0.25, 0.3) is 0 Å². The van der Waals surface area contributed by atoms with E-state index in [0.717, 1.165) is 12.1 Å². The Balaban J connectivity index is 1.75. The molecule has 1 fully saturated rings. The zero-order valence-electron chi connectivity index (χ0n) is 17.7. The van der Waals surface area contributed by atoms with E-state index in [2.05, 4.69) is 0 Å². The first-order valence-electron chi connectivity index (χ1n) is 10.2. The van der Waals surface area contributed by atoms with E-state index in [4.69, 9.17) is 10.5 Å². The molecule has 2 amide bonds. The molecule has 0 radical (unpaired) electrons. The number of carbonyl (C=O) groups is 2. The maximum atomic E-state index is 13.4. The minimum Gasteiger partial charge on any atom is -0.495 e. The molecule has 2 aromatic carbocycles. The van der Waals surface area contributed by atoms with Crippen LogP contribution in [0.4, 0.5) is 10.1 Å². The number of amides is 2. The Kier molecular flexibility index (Phi) is 7.47. The zero-order valence-corrected chi connectivity index (χ0v) is 18.6. The van der Waals surface area contributed by atoms with E-state index >= 15 is 0 Å². The van der Waals surface area contributed by atoms with Crippen LogP contribution in [-0.4, -0.2) is 51.3 Å². The number of primary amides is 1. The number of anilines is 1. The van der Waals surface area contributed by atoms with Gasteiger partial charge >= 0.3 is 0 Å². The predicted molar refractivity (Wildman–Crippen MR) is 117 cm³/mol. The van der Waals surface area contributed by atoms with Gasteiger partial charge in [0.1, 0.15) is 11.6 Å². The second-order valence-electron chi connectivity index (χ2n) is 7.51. The van der Waals surface area contributed by atoms with Crippen molar-refractivity contribution in [1.29, 1.82) is 0 Å². The number of ether oxygens (including phenoxy) is 1. The third kappa shape index (κ3) is 5.25. The van der Waals surface area contributed by atoms with Gasteiger partial charge in [-0.15, -0.1) is 0 Å². The van der Waals surface area contributed by atoms with Crippen LogP contribution in [0.5, 0.6) is 5.75 Å². The van der Waals surface area contributed by atoms with Crippen molar-refractivity contribution in [3.63, 3.8) is 0 Å². The molecule has 8 nitrogen and oxygen atoms in total. The van der Waals surface area contributed by atoms with Gasteiger partial charge in [0.25, 0.3) is 0 Å². The van der Waals surface area contributed by atoms with Crippen molar-refractivity contribution in [2.75, 3.05) is 31.6 Å². The van der Waals surface area contributed by atoms with Gasteiger partial charge in [-0.1, -0.05) is 12.1 Å². The lowest BCUT2D eigenvalue weighted by molar-refractivity contribution is -0.123. The molecule has 0 bridgehead atoms. The standard InChI is InChI=1S/C22H26FN3O5S/c1-31-20-5-3-2-4-19(20)26(15-12-21(24)27)22(28)16-10-13-25(14-11-16)32(29,30)18-8-6-17(23)7-9-18/h2-9,16H,10-15H2,1H3,(H2,24,27).